The van der Waals surface area contributed by atoms with Crippen LogP contribution in [-0.4, -0.2) is 22.6 Å². The zero-order chi connectivity index (χ0) is 9.97. The summed E-state index contributed by atoms with van der Waals surface area (Å²) in [5.74, 6) is 2.00. The third-order valence-corrected chi connectivity index (χ3v) is 3.40. The molecule has 0 bridgehead atoms. The molecule has 1 fully saturated rings. The van der Waals surface area contributed by atoms with Crippen LogP contribution < -0.4 is 5.32 Å². The first kappa shape index (κ1) is 9.71. The second-order valence-corrected chi connectivity index (χ2v) is 4.24. The fourth-order valence-corrected chi connectivity index (χ4v) is 2.49. The fourth-order valence-electron chi connectivity index (χ4n) is 2.49. The van der Waals surface area contributed by atoms with Gasteiger partial charge in [0.25, 0.3) is 0 Å². The summed E-state index contributed by atoms with van der Waals surface area (Å²) >= 11 is 0. The number of nitrogens with one attached hydrogen (secondary N) is 1. The quantitative estimate of drug-likeness (QED) is 0.785. The topological polar surface area (TPSA) is 29.9 Å². The van der Waals surface area contributed by atoms with Gasteiger partial charge in [0.05, 0.1) is 0 Å². The number of hydrogen-bond donors (Lipinski definition) is 1. The molecule has 78 valence electrons. The van der Waals surface area contributed by atoms with Crippen LogP contribution in [0.5, 0.6) is 0 Å². The summed E-state index contributed by atoms with van der Waals surface area (Å²) < 4.78 is 2.13. The molecular weight excluding hydrogens is 174 g/mol. The molecule has 1 aromatic rings. The number of aryl methyl sites for hydroxylation is 1. The first-order chi connectivity index (χ1) is 6.81. The van der Waals surface area contributed by atoms with Gasteiger partial charge in [-0.2, -0.15) is 0 Å². The van der Waals surface area contributed by atoms with Gasteiger partial charge in [-0.25, -0.2) is 4.98 Å². The van der Waals surface area contributed by atoms with Crippen LogP contribution in [0, 0.1) is 5.92 Å². The van der Waals surface area contributed by atoms with Gasteiger partial charge in [-0.05, 0) is 25.8 Å². The summed E-state index contributed by atoms with van der Waals surface area (Å²) in [6.45, 7) is 0. The maximum Gasteiger partial charge on any atom is 0.108 e. The third-order valence-electron chi connectivity index (χ3n) is 3.40. The minimum absolute atomic E-state index is 0.701. The van der Waals surface area contributed by atoms with E-state index in [1.54, 1.807) is 0 Å². The van der Waals surface area contributed by atoms with E-state index in [0.29, 0.717) is 6.04 Å². The Morgan fingerprint density at radius 3 is 3.07 bits per heavy atom. The molecule has 1 aromatic heterocycles. The first-order valence-electron chi connectivity index (χ1n) is 5.44. The van der Waals surface area contributed by atoms with Gasteiger partial charge in [0.1, 0.15) is 5.82 Å². The van der Waals surface area contributed by atoms with Crippen LogP contribution in [0.3, 0.4) is 0 Å². The van der Waals surface area contributed by atoms with Gasteiger partial charge < -0.3 is 9.88 Å². The molecule has 0 saturated heterocycles. The van der Waals surface area contributed by atoms with Crippen molar-refractivity contribution in [2.24, 2.45) is 13.0 Å². The van der Waals surface area contributed by atoms with Crippen molar-refractivity contribution in [3.05, 3.63) is 18.2 Å². The molecule has 0 spiro atoms. The Kier molecular flexibility index (Phi) is 2.87. The van der Waals surface area contributed by atoms with E-state index < -0.39 is 0 Å². The molecule has 0 radical (unpaired) electrons. The Bertz CT molecular complexity index is 292. The highest BCUT2D eigenvalue weighted by molar-refractivity contribution is 4.96. The zero-order valence-electron chi connectivity index (χ0n) is 9.03. The number of hydrogen-bond acceptors (Lipinski definition) is 2. The molecule has 1 N–H and O–H groups in total. The van der Waals surface area contributed by atoms with E-state index in [4.69, 9.17) is 0 Å². The van der Waals surface area contributed by atoms with Crippen molar-refractivity contribution < 1.29 is 0 Å². The highest BCUT2D eigenvalue weighted by atomic mass is 15.0. The molecule has 3 heteroatoms. The summed E-state index contributed by atoms with van der Waals surface area (Å²) in [7, 11) is 4.15. The Morgan fingerprint density at radius 2 is 2.43 bits per heavy atom. The highest BCUT2D eigenvalue weighted by Gasteiger charge is 2.26. The molecule has 0 aromatic carbocycles. The van der Waals surface area contributed by atoms with E-state index in [-0.39, 0.29) is 0 Å². The van der Waals surface area contributed by atoms with E-state index >= 15 is 0 Å². The molecule has 1 aliphatic carbocycles. The molecule has 0 aliphatic heterocycles. The lowest BCUT2D eigenvalue weighted by Crippen LogP contribution is -2.30. The molecule has 14 heavy (non-hydrogen) atoms. The van der Waals surface area contributed by atoms with E-state index in [0.717, 1.165) is 12.3 Å². The first-order valence-corrected chi connectivity index (χ1v) is 5.44. The van der Waals surface area contributed by atoms with Gasteiger partial charge in [-0.1, -0.05) is 6.42 Å². The van der Waals surface area contributed by atoms with Crippen molar-refractivity contribution in [2.75, 3.05) is 7.05 Å². The molecule has 2 unspecified atom stereocenters. The van der Waals surface area contributed by atoms with Crippen molar-refractivity contribution in [1.82, 2.24) is 14.9 Å². The highest BCUT2D eigenvalue weighted by Crippen LogP contribution is 2.27. The summed E-state index contributed by atoms with van der Waals surface area (Å²) in [6.07, 6.45) is 9.07. The molecule has 3 nitrogen and oxygen atoms in total. The molecule has 0 amide bonds. The van der Waals surface area contributed by atoms with Crippen LogP contribution in [-0.2, 0) is 13.5 Å². The van der Waals surface area contributed by atoms with Gasteiger partial charge >= 0.3 is 0 Å². The maximum atomic E-state index is 4.38. The van der Waals surface area contributed by atoms with Crippen LogP contribution >= 0.6 is 0 Å². The van der Waals surface area contributed by atoms with Crippen molar-refractivity contribution in [2.45, 2.75) is 31.7 Å². The van der Waals surface area contributed by atoms with E-state index in [1.807, 2.05) is 12.4 Å². The summed E-state index contributed by atoms with van der Waals surface area (Å²) in [5.41, 5.74) is 0. The van der Waals surface area contributed by atoms with E-state index in [2.05, 4.69) is 29.0 Å². The predicted octanol–water partition coefficient (Wildman–Crippen LogP) is 1.35. The molecule has 1 heterocycles. The molecule has 2 atom stereocenters. The van der Waals surface area contributed by atoms with Crippen molar-refractivity contribution in [3.8, 4) is 0 Å². The molecule has 1 aliphatic rings. The predicted molar refractivity (Wildman–Crippen MR) is 57.1 cm³/mol. The number of rotatable bonds is 3. The van der Waals surface area contributed by atoms with Crippen molar-refractivity contribution >= 4 is 0 Å². The van der Waals surface area contributed by atoms with Crippen LogP contribution in [0.25, 0.3) is 0 Å². The average molecular weight is 193 g/mol. The normalized spacial score (nSPS) is 27.0. The Balaban J connectivity index is 2.00. The Labute approximate surface area is 85.5 Å². The third kappa shape index (κ3) is 1.82. The SMILES string of the molecule is CNC1CCCC1Cc1nccn1C. The van der Waals surface area contributed by atoms with Crippen molar-refractivity contribution in [1.29, 1.82) is 0 Å². The smallest absolute Gasteiger partial charge is 0.108 e. The fraction of sp³-hybridized carbons (Fsp3) is 0.727. The monoisotopic (exact) mass is 193 g/mol. The van der Waals surface area contributed by atoms with Crippen molar-refractivity contribution in [3.63, 3.8) is 0 Å². The van der Waals surface area contributed by atoms with E-state index in [1.165, 1.54) is 25.1 Å². The lowest BCUT2D eigenvalue weighted by Gasteiger charge is -2.18. The molecular formula is C11H19N3. The van der Waals surface area contributed by atoms with Gasteiger partial charge in [0.2, 0.25) is 0 Å². The van der Waals surface area contributed by atoms with Gasteiger partial charge in [-0.15, -0.1) is 0 Å². The lowest BCUT2D eigenvalue weighted by molar-refractivity contribution is 0.412. The lowest BCUT2D eigenvalue weighted by atomic mass is 9.99. The Hall–Kier alpha value is -0.830. The van der Waals surface area contributed by atoms with Crippen LogP contribution in [0.15, 0.2) is 12.4 Å². The number of aromatic nitrogens is 2. The average Bonchev–Trinajstić information content (AvgIpc) is 2.77. The number of imidazole rings is 1. The largest absolute Gasteiger partial charge is 0.338 e. The Morgan fingerprint density at radius 1 is 1.57 bits per heavy atom. The minimum atomic E-state index is 0.701. The standard InChI is InChI=1S/C11H19N3/c1-12-10-5-3-4-9(10)8-11-13-6-7-14(11)2/h6-7,9-10,12H,3-5,8H2,1-2H3. The second-order valence-electron chi connectivity index (χ2n) is 4.24. The summed E-state index contributed by atoms with van der Waals surface area (Å²) in [6, 6.07) is 0.701. The maximum absolute atomic E-state index is 4.38. The van der Waals surface area contributed by atoms with Crippen LogP contribution in [0.1, 0.15) is 25.1 Å². The van der Waals surface area contributed by atoms with Crippen LogP contribution in [0.4, 0.5) is 0 Å². The molecule has 2 rings (SSSR count). The number of nitrogens with zero attached hydrogens (tertiary/aromatic N) is 2. The van der Waals surface area contributed by atoms with E-state index in [9.17, 15) is 0 Å². The molecule has 1 saturated carbocycles. The van der Waals surface area contributed by atoms with Gasteiger partial charge in [0.15, 0.2) is 0 Å². The minimum Gasteiger partial charge on any atom is -0.338 e. The second kappa shape index (κ2) is 4.13. The van der Waals surface area contributed by atoms with Crippen LogP contribution in [0.2, 0.25) is 0 Å². The summed E-state index contributed by atoms with van der Waals surface area (Å²) in [5, 5.41) is 3.41. The summed E-state index contributed by atoms with van der Waals surface area (Å²) in [4.78, 5) is 4.38. The zero-order valence-corrected chi connectivity index (χ0v) is 9.03. The van der Waals surface area contributed by atoms with Gasteiger partial charge in [0, 0.05) is 31.9 Å². The van der Waals surface area contributed by atoms with Gasteiger partial charge in [-0.3, -0.25) is 0 Å².